The van der Waals surface area contributed by atoms with Crippen LogP contribution in [-0.2, 0) is 0 Å². The molecule has 0 aliphatic heterocycles. The molecule has 0 unspecified atom stereocenters. The van der Waals surface area contributed by atoms with Crippen LogP contribution in [0.2, 0.25) is 5.02 Å². The van der Waals surface area contributed by atoms with Crippen LogP contribution >= 0.6 is 65.4 Å². The van der Waals surface area contributed by atoms with E-state index in [0.29, 0.717) is 10.8 Å². The molecule has 1 nitrogen and oxygen atoms in total. The van der Waals surface area contributed by atoms with Crippen molar-refractivity contribution in [1.29, 1.82) is 0 Å². The van der Waals surface area contributed by atoms with E-state index in [4.69, 9.17) is 16.3 Å². The smallest absolute Gasteiger partial charge is 0.241 e. The van der Waals surface area contributed by atoms with Gasteiger partial charge in [0.25, 0.3) is 0 Å². The molecule has 0 saturated heterocycles. The quantitative estimate of drug-likeness (QED) is 0.554. The minimum absolute atomic E-state index is 0.587. The summed E-state index contributed by atoms with van der Waals surface area (Å²) in [6, 6.07) is 5.14. The van der Waals surface area contributed by atoms with Crippen LogP contribution in [0, 0.1) is 0 Å². The minimum Gasteiger partial charge on any atom is -0.458 e. The Morgan fingerprint density at radius 2 is 1.92 bits per heavy atom. The zero-order valence-electron chi connectivity index (χ0n) is 6.24. The van der Waals surface area contributed by atoms with Gasteiger partial charge >= 0.3 is 0 Å². The summed E-state index contributed by atoms with van der Waals surface area (Å²) in [7, 11) is 0. The lowest BCUT2D eigenvalue weighted by Crippen LogP contribution is -2.13. The first-order valence-corrected chi connectivity index (χ1v) is 5.71. The maximum absolute atomic E-state index is 5.75. The van der Waals surface area contributed by atoms with Gasteiger partial charge in [0, 0.05) is 5.02 Å². The predicted octanol–water partition coefficient (Wildman–Crippen LogP) is 3.88. The Kier molecular flexibility index (Phi) is 4.19. The van der Waals surface area contributed by atoms with Crippen molar-refractivity contribution in [2.24, 2.45) is 0 Å². The molecule has 13 heavy (non-hydrogen) atoms. The van der Waals surface area contributed by atoms with Gasteiger partial charge in [-0.05, 0) is 34.1 Å². The first kappa shape index (κ1) is 11.9. The molecule has 0 heterocycles. The molecule has 0 amide bonds. The first-order chi connectivity index (χ1) is 5.88. The van der Waals surface area contributed by atoms with Gasteiger partial charge in [0.05, 0.1) is 4.47 Å². The third-order valence-electron chi connectivity index (χ3n) is 1.14. The van der Waals surface area contributed by atoms with E-state index < -0.39 is 3.60 Å². The average molecular weight is 318 g/mol. The summed E-state index contributed by atoms with van der Waals surface area (Å²) in [4.78, 5) is 0. The second kappa shape index (κ2) is 4.57. The van der Waals surface area contributed by atoms with Crippen LogP contribution in [0.15, 0.2) is 22.7 Å². The predicted molar refractivity (Wildman–Crippen MR) is 69.5 cm³/mol. The zero-order valence-corrected chi connectivity index (χ0v) is 11.3. The number of hydrogen-bond donors (Lipinski definition) is 3. The monoisotopic (exact) mass is 316 g/mol. The second-order valence-corrected chi connectivity index (χ2v) is 6.49. The number of rotatable bonds is 2. The molecule has 1 rings (SSSR count). The zero-order chi connectivity index (χ0) is 10.1. The average Bonchev–Trinajstić information content (AvgIpc) is 1.93. The molecule has 0 N–H and O–H groups in total. The van der Waals surface area contributed by atoms with Crippen LogP contribution in [-0.4, -0.2) is 3.60 Å². The molecule has 72 valence electrons. The van der Waals surface area contributed by atoms with Crippen LogP contribution in [0.5, 0.6) is 5.75 Å². The summed E-state index contributed by atoms with van der Waals surface area (Å²) in [6.45, 7) is 0. The largest absolute Gasteiger partial charge is 0.458 e. The van der Waals surface area contributed by atoms with Gasteiger partial charge in [0.1, 0.15) is 5.75 Å². The highest BCUT2D eigenvalue weighted by Gasteiger charge is 2.17. The number of benzene rings is 1. The molecule has 0 saturated carbocycles. The van der Waals surface area contributed by atoms with Crippen molar-refractivity contribution in [2.45, 2.75) is 3.60 Å². The highest BCUT2D eigenvalue weighted by atomic mass is 79.9. The van der Waals surface area contributed by atoms with Gasteiger partial charge in [0.15, 0.2) is 0 Å². The fourth-order valence-corrected chi connectivity index (χ4v) is 1.76. The molecule has 1 aromatic rings. The standard InChI is InChI=1S/C7H6BrClOS3/c8-5-3-4(9)1-2-6(5)10-7(11,12)13/h1-3,11-13H. The lowest BCUT2D eigenvalue weighted by Gasteiger charge is -2.18. The fourth-order valence-electron chi connectivity index (χ4n) is 0.706. The molecule has 0 atom stereocenters. The van der Waals surface area contributed by atoms with Gasteiger partial charge in [-0.25, -0.2) is 0 Å². The maximum atomic E-state index is 5.75. The van der Waals surface area contributed by atoms with E-state index in [0.717, 1.165) is 4.47 Å². The topological polar surface area (TPSA) is 9.23 Å². The Bertz CT molecular complexity index is 313. The molecule has 0 radical (unpaired) electrons. The third kappa shape index (κ3) is 4.25. The minimum atomic E-state index is -1.10. The Morgan fingerprint density at radius 3 is 2.38 bits per heavy atom. The summed E-state index contributed by atoms with van der Waals surface area (Å²) in [5, 5.41) is 0.627. The Hall–Kier alpha value is 0.840. The van der Waals surface area contributed by atoms with Crippen LogP contribution < -0.4 is 4.74 Å². The summed E-state index contributed by atoms with van der Waals surface area (Å²) in [6.07, 6.45) is 0. The van der Waals surface area contributed by atoms with Crippen molar-refractivity contribution >= 4 is 65.4 Å². The van der Waals surface area contributed by atoms with Crippen molar-refractivity contribution in [3.63, 3.8) is 0 Å². The summed E-state index contributed by atoms with van der Waals surface area (Å²) in [5.41, 5.74) is 0. The summed E-state index contributed by atoms with van der Waals surface area (Å²) >= 11 is 21.0. The van der Waals surface area contributed by atoms with Crippen molar-refractivity contribution in [2.75, 3.05) is 0 Å². The van der Waals surface area contributed by atoms with E-state index in [2.05, 4.69) is 53.8 Å². The SMILES string of the molecule is SC(S)(S)Oc1ccc(Cl)cc1Br. The highest BCUT2D eigenvalue weighted by molar-refractivity contribution is 9.10. The van der Waals surface area contributed by atoms with Gasteiger partial charge in [-0.2, -0.15) is 0 Å². The van der Waals surface area contributed by atoms with E-state index in [1.165, 1.54) is 0 Å². The van der Waals surface area contributed by atoms with Crippen molar-refractivity contribution in [3.8, 4) is 5.75 Å². The normalized spacial score (nSPS) is 11.5. The molecule has 0 bridgehead atoms. The van der Waals surface area contributed by atoms with Crippen molar-refractivity contribution in [3.05, 3.63) is 27.7 Å². The first-order valence-electron chi connectivity index (χ1n) is 3.20. The lowest BCUT2D eigenvalue weighted by atomic mass is 10.3. The molecule has 6 heteroatoms. The number of ether oxygens (including phenoxy) is 1. The number of halogens is 2. The number of thiol groups is 3. The summed E-state index contributed by atoms with van der Waals surface area (Å²) < 4.78 is 4.91. The maximum Gasteiger partial charge on any atom is 0.241 e. The molecule has 0 aromatic heterocycles. The van der Waals surface area contributed by atoms with Crippen LogP contribution in [0.1, 0.15) is 0 Å². The van der Waals surface area contributed by atoms with Crippen LogP contribution in [0.3, 0.4) is 0 Å². The Morgan fingerprint density at radius 1 is 1.31 bits per heavy atom. The molecule has 0 spiro atoms. The van der Waals surface area contributed by atoms with Crippen molar-refractivity contribution in [1.82, 2.24) is 0 Å². The Labute approximate surface area is 107 Å². The molecular weight excluding hydrogens is 312 g/mol. The van der Waals surface area contributed by atoms with Crippen LogP contribution in [0.25, 0.3) is 0 Å². The third-order valence-corrected chi connectivity index (χ3v) is 2.27. The van der Waals surface area contributed by atoms with E-state index in [1.807, 2.05) is 0 Å². The van der Waals surface area contributed by atoms with E-state index in [1.54, 1.807) is 18.2 Å². The van der Waals surface area contributed by atoms with Gasteiger partial charge in [-0.1, -0.05) is 11.6 Å². The Balaban J connectivity index is 2.90. The molecule has 0 aliphatic carbocycles. The van der Waals surface area contributed by atoms with E-state index >= 15 is 0 Å². The summed E-state index contributed by atoms with van der Waals surface area (Å²) in [5.74, 6) is 0.587. The molecule has 1 aromatic carbocycles. The fraction of sp³-hybridized carbons (Fsp3) is 0.143. The van der Waals surface area contributed by atoms with Crippen molar-refractivity contribution < 1.29 is 4.74 Å². The lowest BCUT2D eigenvalue weighted by molar-refractivity contribution is 0.343. The molecule has 0 fully saturated rings. The van der Waals surface area contributed by atoms with Gasteiger partial charge in [-0.15, -0.1) is 37.9 Å². The highest BCUT2D eigenvalue weighted by Crippen LogP contribution is 2.34. The second-order valence-electron chi connectivity index (χ2n) is 2.25. The van der Waals surface area contributed by atoms with E-state index in [-0.39, 0.29) is 0 Å². The van der Waals surface area contributed by atoms with Gasteiger partial charge < -0.3 is 4.74 Å². The molecular formula is C7H6BrClOS3. The van der Waals surface area contributed by atoms with E-state index in [9.17, 15) is 0 Å². The van der Waals surface area contributed by atoms with Gasteiger partial charge in [0.2, 0.25) is 3.60 Å². The number of hydrogen-bond acceptors (Lipinski definition) is 4. The van der Waals surface area contributed by atoms with Gasteiger partial charge in [-0.3, -0.25) is 0 Å². The van der Waals surface area contributed by atoms with Crippen LogP contribution in [0.4, 0.5) is 0 Å². The molecule has 0 aliphatic rings.